The van der Waals surface area contributed by atoms with Crippen LogP contribution >= 0.6 is 0 Å². The molecule has 114 valence electrons. The molecule has 4 nitrogen and oxygen atoms in total. The smallest absolute Gasteiger partial charge is 0.124 e. The van der Waals surface area contributed by atoms with Crippen LogP contribution in [0.1, 0.15) is 25.0 Å². The monoisotopic (exact) mass is 280 g/mol. The van der Waals surface area contributed by atoms with Gasteiger partial charge in [0.25, 0.3) is 0 Å². The number of para-hydroxylation sites is 1. The summed E-state index contributed by atoms with van der Waals surface area (Å²) in [5.41, 5.74) is 0.862. The molecule has 20 heavy (non-hydrogen) atoms. The lowest BCUT2D eigenvalue weighted by molar-refractivity contribution is 0.111. The van der Waals surface area contributed by atoms with Crippen LogP contribution < -0.4 is 4.74 Å². The van der Waals surface area contributed by atoms with Crippen LogP contribution in [0.25, 0.3) is 0 Å². The highest BCUT2D eigenvalue weighted by Gasteiger charge is 2.15. The molecule has 0 heterocycles. The van der Waals surface area contributed by atoms with Crippen LogP contribution in [0.15, 0.2) is 24.3 Å². The van der Waals surface area contributed by atoms with Crippen molar-refractivity contribution in [3.05, 3.63) is 29.8 Å². The van der Waals surface area contributed by atoms with Crippen LogP contribution in [-0.2, 0) is 0 Å². The number of aliphatic hydroxyl groups excluding tert-OH is 1. The lowest BCUT2D eigenvalue weighted by Crippen LogP contribution is -2.31. The molecule has 0 radical (unpaired) electrons. The fourth-order valence-electron chi connectivity index (χ4n) is 2.27. The molecule has 0 fully saturated rings. The molecule has 0 amide bonds. The van der Waals surface area contributed by atoms with E-state index in [2.05, 4.69) is 30.8 Å². The first-order chi connectivity index (χ1) is 9.58. The minimum Gasteiger partial charge on any atom is -0.496 e. The Morgan fingerprint density at radius 1 is 1.20 bits per heavy atom. The Balaban J connectivity index is 2.55. The van der Waals surface area contributed by atoms with Gasteiger partial charge in [-0.3, -0.25) is 0 Å². The first-order valence-corrected chi connectivity index (χ1v) is 7.26. The minimum absolute atomic E-state index is 0.509. The summed E-state index contributed by atoms with van der Waals surface area (Å²) in [6.45, 7) is 5.79. The van der Waals surface area contributed by atoms with Crippen LogP contribution in [0.5, 0.6) is 5.75 Å². The number of aliphatic hydroxyl groups is 1. The van der Waals surface area contributed by atoms with Gasteiger partial charge in [-0.25, -0.2) is 0 Å². The van der Waals surface area contributed by atoms with Gasteiger partial charge in [-0.2, -0.15) is 0 Å². The van der Waals surface area contributed by atoms with E-state index in [1.165, 1.54) is 0 Å². The Labute approximate surface area is 123 Å². The SMILES string of the molecule is CCN(CCCN(C)C)CC(O)c1ccccc1OC. The topological polar surface area (TPSA) is 35.9 Å². The van der Waals surface area contributed by atoms with Gasteiger partial charge in [0.1, 0.15) is 5.75 Å². The number of rotatable bonds is 9. The lowest BCUT2D eigenvalue weighted by Gasteiger charge is -2.25. The van der Waals surface area contributed by atoms with E-state index in [4.69, 9.17) is 4.74 Å². The van der Waals surface area contributed by atoms with Gasteiger partial charge in [-0.15, -0.1) is 0 Å². The summed E-state index contributed by atoms with van der Waals surface area (Å²) in [5, 5.41) is 10.4. The molecule has 0 saturated carbocycles. The van der Waals surface area contributed by atoms with Crippen molar-refractivity contribution in [2.24, 2.45) is 0 Å². The third kappa shape index (κ3) is 5.49. The molecule has 0 aromatic heterocycles. The normalized spacial score (nSPS) is 12.9. The Morgan fingerprint density at radius 2 is 1.90 bits per heavy atom. The number of methoxy groups -OCH3 is 1. The van der Waals surface area contributed by atoms with Crippen molar-refractivity contribution in [1.82, 2.24) is 9.80 Å². The van der Waals surface area contributed by atoms with Crippen molar-refractivity contribution < 1.29 is 9.84 Å². The lowest BCUT2D eigenvalue weighted by atomic mass is 10.1. The Bertz CT molecular complexity index is 382. The summed E-state index contributed by atoms with van der Waals surface area (Å²) in [4.78, 5) is 4.46. The summed E-state index contributed by atoms with van der Waals surface area (Å²) in [7, 11) is 5.81. The second-order valence-corrected chi connectivity index (χ2v) is 5.31. The van der Waals surface area contributed by atoms with Crippen molar-refractivity contribution in [1.29, 1.82) is 0 Å². The third-order valence-corrected chi connectivity index (χ3v) is 3.46. The standard InChI is InChI=1S/C16H28N2O2/c1-5-18(12-8-11-17(2)3)13-15(19)14-9-6-7-10-16(14)20-4/h6-7,9-10,15,19H,5,8,11-13H2,1-4H3. The highest BCUT2D eigenvalue weighted by molar-refractivity contribution is 5.35. The van der Waals surface area contributed by atoms with Gasteiger partial charge in [0.05, 0.1) is 13.2 Å². The average Bonchev–Trinajstić information content (AvgIpc) is 2.45. The second kappa shape index (κ2) is 8.95. The zero-order valence-corrected chi connectivity index (χ0v) is 13.2. The van der Waals surface area contributed by atoms with E-state index >= 15 is 0 Å². The molecule has 0 saturated heterocycles. The predicted molar refractivity (Wildman–Crippen MR) is 83.2 cm³/mol. The fourth-order valence-corrected chi connectivity index (χ4v) is 2.27. The molecular weight excluding hydrogens is 252 g/mol. The van der Waals surface area contributed by atoms with E-state index in [0.717, 1.165) is 37.4 Å². The van der Waals surface area contributed by atoms with Gasteiger partial charge in [-0.1, -0.05) is 25.1 Å². The van der Waals surface area contributed by atoms with Crippen molar-refractivity contribution in [3.8, 4) is 5.75 Å². The minimum atomic E-state index is -0.509. The molecule has 1 unspecified atom stereocenters. The van der Waals surface area contributed by atoms with E-state index in [1.807, 2.05) is 24.3 Å². The van der Waals surface area contributed by atoms with E-state index in [1.54, 1.807) is 7.11 Å². The summed E-state index contributed by atoms with van der Waals surface area (Å²) in [6, 6.07) is 7.67. The number of hydrogen-bond acceptors (Lipinski definition) is 4. The van der Waals surface area contributed by atoms with Crippen molar-refractivity contribution in [3.63, 3.8) is 0 Å². The highest BCUT2D eigenvalue weighted by Crippen LogP contribution is 2.25. The van der Waals surface area contributed by atoms with Gasteiger partial charge in [0.15, 0.2) is 0 Å². The molecule has 1 aromatic rings. The van der Waals surface area contributed by atoms with Crippen molar-refractivity contribution >= 4 is 0 Å². The maximum absolute atomic E-state index is 10.4. The number of likely N-dealkylation sites (N-methyl/N-ethyl adjacent to an activating group) is 1. The molecule has 1 N–H and O–H groups in total. The zero-order chi connectivity index (χ0) is 15.0. The second-order valence-electron chi connectivity index (χ2n) is 5.31. The summed E-state index contributed by atoms with van der Waals surface area (Å²) >= 11 is 0. The van der Waals surface area contributed by atoms with Crippen LogP contribution in [-0.4, -0.2) is 62.3 Å². The van der Waals surface area contributed by atoms with Gasteiger partial charge in [-0.05, 0) is 46.2 Å². The zero-order valence-electron chi connectivity index (χ0n) is 13.2. The molecule has 1 aromatic carbocycles. The molecular formula is C16H28N2O2. The Hall–Kier alpha value is -1.10. The fraction of sp³-hybridized carbons (Fsp3) is 0.625. The molecule has 0 spiro atoms. The Kier molecular flexibility index (Phi) is 7.59. The maximum atomic E-state index is 10.4. The van der Waals surface area contributed by atoms with E-state index in [-0.39, 0.29) is 0 Å². The van der Waals surface area contributed by atoms with Crippen LogP contribution in [0, 0.1) is 0 Å². The predicted octanol–water partition coefficient (Wildman–Crippen LogP) is 2.00. The number of nitrogens with zero attached hydrogens (tertiary/aromatic N) is 2. The summed E-state index contributed by atoms with van der Waals surface area (Å²) in [6.07, 6.45) is 0.602. The molecule has 0 aliphatic rings. The van der Waals surface area contributed by atoms with Gasteiger partial charge in [0.2, 0.25) is 0 Å². The highest BCUT2D eigenvalue weighted by atomic mass is 16.5. The molecule has 0 bridgehead atoms. The van der Waals surface area contributed by atoms with E-state index < -0.39 is 6.10 Å². The first kappa shape index (κ1) is 17.0. The largest absolute Gasteiger partial charge is 0.496 e. The van der Waals surface area contributed by atoms with E-state index in [9.17, 15) is 5.11 Å². The summed E-state index contributed by atoms with van der Waals surface area (Å²) < 4.78 is 5.31. The number of ether oxygens (including phenoxy) is 1. The number of hydrogen-bond donors (Lipinski definition) is 1. The molecule has 4 heteroatoms. The Morgan fingerprint density at radius 3 is 2.50 bits per heavy atom. The van der Waals surface area contributed by atoms with Gasteiger partial charge < -0.3 is 19.6 Å². The van der Waals surface area contributed by atoms with Crippen LogP contribution in [0.4, 0.5) is 0 Å². The maximum Gasteiger partial charge on any atom is 0.124 e. The quantitative estimate of drug-likeness (QED) is 0.750. The van der Waals surface area contributed by atoms with Crippen molar-refractivity contribution in [2.45, 2.75) is 19.4 Å². The first-order valence-electron chi connectivity index (χ1n) is 7.26. The van der Waals surface area contributed by atoms with Crippen LogP contribution in [0.3, 0.4) is 0 Å². The number of benzene rings is 1. The summed E-state index contributed by atoms with van der Waals surface area (Å²) in [5.74, 6) is 0.754. The molecule has 0 aliphatic carbocycles. The van der Waals surface area contributed by atoms with Gasteiger partial charge in [0, 0.05) is 12.1 Å². The molecule has 1 atom stereocenters. The third-order valence-electron chi connectivity index (χ3n) is 3.46. The molecule has 1 rings (SSSR count). The average molecular weight is 280 g/mol. The van der Waals surface area contributed by atoms with E-state index in [0.29, 0.717) is 6.54 Å². The van der Waals surface area contributed by atoms with Gasteiger partial charge >= 0.3 is 0 Å². The molecule has 0 aliphatic heterocycles. The van der Waals surface area contributed by atoms with Crippen LogP contribution in [0.2, 0.25) is 0 Å². The van der Waals surface area contributed by atoms with Crippen molar-refractivity contribution in [2.75, 3.05) is 47.4 Å².